The highest BCUT2D eigenvalue weighted by molar-refractivity contribution is 6.25. The van der Waals surface area contributed by atoms with Gasteiger partial charge in [0, 0.05) is 17.8 Å². The van der Waals surface area contributed by atoms with E-state index in [9.17, 15) is 0 Å². The van der Waals surface area contributed by atoms with E-state index in [0.717, 1.165) is 12.1 Å². The Kier molecular flexibility index (Phi) is 3.84. The molecule has 0 heterocycles. The summed E-state index contributed by atoms with van der Waals surface area (Å²) in [4.78, 5) is 0. The van der Waals surface area contributed by atoms with E-state index < -0.39 is 0 Å². The van der Waals surface area contributed by atoms with Crippen LogP contribution in [0.1, 0.15) is 12.5 Å². The third-order valence-electron chi connectivity index (χ3n) is 1.89. The molecule has 0 aromatic heterocycles. The fraction of sp³-hybridized carbons (Fsp3) is 0.273. The number of anilines is 1. The zero-order chi connectivity index (χ0) is 9.68. The summed E-state index contributed by atoms with van der Waals surface area (Å²) < 4.78 is 0. The van der Waals surface area contributed by atoms with E-state index in [1.165, 1.54) is 11.3 Å². The molecule has 0 unspecified atom stereocenters. The first-order valence-corrected chi connectivity index (χ1v) is 4.73. The number of nitrogens with one attached hydrogen (secondary N) is 1. The van der Waals surface area contributed by atoms with Gasteiger partial charge in [0.25, 0.3) is 0 Å². The Morgan fingerprint density at radius 1 is 1.46 bits per heavy atom. The maximum absolute atomic E-state index is 5.56. The highest BCUT2D eigenvalue weighted by Crippen LogP contribution is 2.13. The molecule has 0 saturated heterocycles. The number of hydrogen-bond acceptors (Lipinski definition) is 1. The third-order valence-corrected chi connectivity index (χ3v) is 2.26. The predicted molar refractivity (Wildman–Crippen MR) is 59.3 cm³/mol. The van der Waals surface area contributed by atoms with Crippen LogP contribution in [0.2, 0.25) is 0 Å². The Labute approximate surface area is 84.4 Å². The first kappa shape index (κ1) is 10.1. The fourth-order valence-electron chi connectivity index (χ4n) is 1.04. The molecular weight excluding hydrogens is 182 g/mol. The van der Waals surface area contributed by atoms with Gasteiger partial charge in [-0.25, -0.2) is 0 Å². The Morgan fingerprint density at radius 3 is 2.77 bits per heavy atom. The lowest BCUT2D eigenvalue weighted by Gasteiger charge is -2.08. The Bertz CT molecular complexity index is 305. The zero-order valence-corrected chi connectivity index (χ0v) is 8.73. The molecule has 1 nitrogen and oxygen atoms in total. The minimum Gasteiger partial charge on any atom is -0.381 e. The number of benzene rings is 1. The summed E-state index contributed by atoms with van der Waals surface area (Å²) >= 11 is 5.56. The van der Waals surface area contributed by atoms with Crippen LogP contribution in [-0.4, -0.2) is 6.54 Å². The van der Waals surface area contributed by atoms with Crippen LogP contribution >= 0.6 is 11.6 Å². The molecule has 0 saturated carbocycles. The quantitative estimate of drug-likeness (QED) is 0.778. The van der Waals surface area contributed by atoms with Crippen LogP contribution < -0.4 is 5.32 Å². The molecule has 1 aromatic carbocycles. The Hall–Kier alpha value is -0.950. The van der Waals surface area contributed by atoms with Crippen LogP contribution in [0.5, 0.6) is 0 Å². The second-order valence-corrected chi connectivity index (χ2v) is 3.34. The lowest BCUT2D eigenvalue weighted by Crippen LogP contribution is -2.03. The molecule has 0 amide bonds. The van der Waals surface area contributed by atoms with E-state index in [-0.39, 0.29) is 0 Å². The fourth-order valence-corrected chi connectivity index (χ4v) is 1.12. The molecule has 13 heavy (non-hydrogen) atoms. The molecule has 0 bridgehead atoms. The first-order valence-electron chi connectivity index (χ1n) is 4.29. The van der Waals surface area contributed by atoms with Gasteiger partial charge >= 0.3 is 0 Å². The van der Waals surface area contributed by atoms with Gasteiger partial charge in [0.05, 0.1) is 0 Å². The highest BCUT2D eigenvalue weighted by atomic mass is 35.5. The largest absolute Gasteiger partial charge is 0.381 e. The van der Waals surface area contributed by atoms with Gasteiger partial charge in [-0.15, -0.1) is 0 Å². The van der Waals surface area contributed by atoms with Crippen LogP contribution in [0.15, 0.2) is 35.4 Å². The zero-order valence-electron chi connectivity index (χ0n) is 7.97. The third kappa shape index (κ3) is 3.11. The van der Waals surface area contributed by atoms with Crippen molar-refractivity contribution in [1.29, 1.82) is 0 Å². The normalized spacial score (nSPS) is 11.5. The number of halogens is 1. The minimum absolute atomic E-state index is 0.800. The summed E-state index contributed by atoms with van der Waals surface area (Å²) in [6, 6.07) is 8.21. The maximum atomic E-state index is 5.56. The van der Waals surface area contributed by atoms with Crippen molar-refractivity contribution in [3.63, 3.8) is 0 Å². The molecular formula is C11H14ClN. The van der Waals surface area contributed by atoms with Crippen molar-refractivity contribution in [2.24, 2.45) is 0 Å². The van der Waals surface area contributed by atoms with Gasteiger partial charge in [-0.1, -0.05) is 29.8 Å². The Balaban J connectivity index is 2.60. The minimum atomic E-state index is 0.800. The molecule has 0 aliphatic carbocycles. The molecule has 0 fully saturated rings. The number of para-hydroxylation sites is 1. The van der Waals surface area contributed by atoms with Crippen molar-refractivity contribution in [2.75, 3.05) is 11.9 Å². The van der Waals surface area contributed by atoms with Crippen molar-refractivity contribution in [3.8, 4) is 0 Å². The topological polar surface area (TPSA) is 12.0 Å². The van der Waals surface area contributed by atoms with Crippen LogP contribution in [0.3, 0.4) is 0 Å². The van der Waals surface area contributed by atoms with Gasteiger partial charge in [-0.3, -0.25) is 0 Å². The van der Waals surface area contributed by atoms with Gasteiger partial charge < -0.3 is 5.32 Å². The maximum Gasteiger partial charge on any atom is 0.0372 e. The number of hydrogen-bond donors (Lipinski definition) is 1. The molecule has 70 valence electrons. The molecule has 1 aromatic rings. The standard InChI is InChI=1S/C11H14ClN/c1-9(7-12)8-13-11-6-4-3-5-10(11)2/h3-7,13H,8H2,1-2H3/b9-7-. The molecule has 0 radical (unpaired) electrons. The molecule has 0 aliphatic heterocycles. The van der Waals surface area contributed by atoms with E-state index in [2.05, 4.69) is 24.4 Å². The lowest BCUT2D eigenvalue weighted by molar-refractivity contribution is 1.20. The molecule has 0 aliphatic rings. The summed E-state index contributed by atoms with van der Waals surface area (Å²) in [5.41, 5.74) is 5.15. The SMILES string of the molecule is C/C(=C/Cl)CNc1ccccc1C. The van der Waals surface area contributed by atoms with Gasteiger partial charge in [0.2, 0.25) is 0 Å². The summed E-state index contributed by atoms with van der Waals surface area (Å²) in [5, 5.41) is 3.31. The van der Waals surface area contributed by atoms with Gasteiger partial charge in [-0.05, 0) is 31.1 Å². The average molecular weight is 196 g/mol. The van der Waals surface area contributed by atoms with Gasteiger partial charge in [0.1, 0.15) is 0 Å². The second kappa shape index (κ2) is 4.93. The number of rotatable bonds is 3. The smallest absolute Gasteiger partial charge is 0.0372 e. The summed E-state index contributed by atoms with van der Waals surface area (Å²) in [5.74, 6) is 0. The van der Waals surface area contributed by atoms with Crippen LogP contribution in [0.4, 0.5) is 5.69 Å². The highest BCUT2D eigenvalue weighted by Gasteiger charge is 1.94. The molecule has 1 rings (SSSR count). The molecule has 1 N–H and O–H groups in total. The van der Waals surface area contributed by atoms with Crippen molar-refractivity contribution < 1.29 is 0 Å². The van der Waals surface area contributed by atoms with Crippen LogP contribution in [-0.2, 0) is 0 Å². The van der Waals surface area contributed by atoms with E-state index in [1.54, 1.807) is 5.54 Å². The average Bonchev–Trinajstić information content (AvgIpc) is 2.16. The summed E-state index contributed by atoms with van der Waals surface area (Å²) in [6.45, 7) is 4.88. The lowest BCUT2D eigenvalue weighted by atomic mass is 10.2. The predicted octanol–water partition coefficient (Wildman–Crippen LogP) is 3.55. The van der Waals surface area contributed by atoms with E-state index in [1.807, 2.05) is 19.1 Å². The van der Waals surface area contributed by atoms with Crippen molar-refractivity contribution in [3.05, 3.63) is 40.9 Å². The second-order valence-electron chi connectivity index (χ2n) is 3.12. The van der Waals surface area contributed by atoms with Gasteiger partial charge in [-0.2, -0.15) is 0 Å². The van der Waals surface area contributed by atoms with Crippen molar-refractivity contribution in [1.82, 2.24) is 0 Å². The van der Waals surface area contributed by atoms with Gasteiger partial charge in [0.15, 0.2) is 0 Å². The van der Waals surface area contributed by atoms with E-state index >= 15 is 0 Å². The van der Waals surface area contributed by atoms with E-state index in [4.69, 9.17) is 11.6 Å². The van der Waals surface area contributed by atoms with Crippen molar-refractivity contribution >= 4 is 17.3 Å². The Morgan fingerprint density at radius 2 is 2.15 bits per heavy atom. The first-order chi connectivity index (χ1) is 6.24. The monoisotopic (exact) mass is 195 g/mol. The molecule has 0 atom stereocenters. The van der Waals surface area contributed by atoms with Crippen LogP contribution in [0, 0.1) is 6.92 Å². The summed E-state index contributed by atoms with van der Waals surface area (Å²) in [7, 11) is 0. The summed E-state index contributed by atoms with van der Waals surface area (Å²) in [6.07, 6.45) is 0. The van der Waals surface area contributed by atoms with Crippen LogP contribution in [0.25, 0.3) is 0 Å². The van der Waals surface area contributed by atoms with E-state index in [0.29, 0.717) is 0 Å². The molecule has 0 spiro atoms. The molecule has 2 heteroatoms. The number of aryl methyl sites for hydroxylation is 1. The van der Waals surface area contributed by atoms with Crippen molar-refractivity contribution in [2.45, 2.75) is 13.8 Å².